The minimum Gasteiger partial charge on any atom is -0.338 e. The molecular weight excluding hydrogens is 333 g/mol. The number of amides is 1. The van der Waals surface area contributed by atoms with Crippen molar-refractivity contribution in [3.63, 3.8) is 0 Å². The van der Waals surface area contributed by atoms with Crippen molar-refractivity contribution in [3.8, 4) is 0 Å². The fraction of sp³-hybridized carbons (Fsp3) is 0.417. The molecule has 1 aromatic carbocycles. The Morgan fingerprint density at radius 2 is 2.12 bits per heavy atom. The second-order valence-corrected chi connectivity index (χ2v) is 6.34. The van der Waals surface area contributed by atoms with Crippen molar-refractivity contribution < 1.29 is 4.79 Å². The van der Waals surface area contributed by atoms with Crippen molar-refractivity contribution in [2.24, 2.45) is 0 Å². The van der Waals surface area contributed by atoms with Crippen LogP contribution in [0, 0.1) is 3.57 Å². The summed E-state index contributed by atoms with van der Waals surface area (Å²) in [6, 6.07) is 8.18. The molecule has 0 spiro atoms. The monoisotopic (exact) mass is 347 g/mol. The Morgan fingerprint density at radius 3 is 2.69 bits per heavy atom. The standard InChI is InChI=1S/C12H14INOS/c1-14(11-6-7-16-8-11)12(15)9-2-4-10(13)5-3-9/h2-5,11H,6-8H2,1H3. The van der Waals surface area contributed by atoms with E-state index in [1.807, 2.05) is 48.0 Å². The second-order valence-electron chi connectivity index (χ2n) is 3.94. The summed E-state index contributed by atoms with van der Waals surface area (Å²) in [5.41, 5.74) is 0.791. The Hall–Kier alpha value is -0.230. The first kappa shape index (κ1) is 12.2. The minimum atomic E-state index is 0.143. The summed E-state index contributed by atoms with van der Waals surface area (Å²) >= 11 is 4.18. The van der Waals surface area contributed by atoms with Crippen LogP contribution >= 0.6 is 34.4 Å². The molecular formula is C12H14INOS. The predicted molar refractivity (Wildman–Crippen MR) is 77.0 cm³/mol. The summed E-state index contributed by atoms with van der Waals surface area (Å²) in [4.78, 5) is 14.0. The lowest BCUT2D eigenvalue weighted by Gasteiger charge is -2.23. The Kier molecular flexibility index (Phi) is 4.13. The second kappa shape index (κ2) is 5.40. The van der Waals surface area contributed by atoms with Gasteiger partial charge in [-0.15, -0.1) is 0 Å². The average molecular weight is 347 g/mol. The van der Waals surface area contributed by atoms with E-state index in [-0.39, 0.29) is 5.91 Å². The van der Waals surface area contributed by atoms with Gasteiger partial charge in [0.25, 0.3) is 5.91 Å². The molecule has 4 heteroatoms. The van der Waals surface area contributed by atoms with Gasteiger partial charge in [0, 0.05) is 28.0 Å². The lowest BCUT2D eigenvalue weighted by atomic mass is 10.1. The van der Waals surface area contributed by atoms with Gasteiger partial charge in [-0.3, -0.25) is 4.79 Å². The molecule has 0 bridgehead atoms. The summed E-state index contributed by atoms with van der Waals surface area (Å²) in [7, 11) is 1.91. The fourth-order valence-corrected chi connectivity index (χ4v) is 3.42. The van der Waals surface area contributed by atoms with Crippen LogP contribution in [-0.2, 0) is 0 Å². The molecule has 0 aromatic heterocycles. The zero-order valence-electron chi connectivity index (χ0n) is 9.15. The molecule has 16 heavy (non-hydrogen) atoms. The number of carbonyl (C=O) groups excluding carboxylic acids is 1. The van der Waals surface area contributed by atoms with Crippen LogP contribution in [0.25, 0.3) is 0 Å². The first-order valence-electron chi connectivity index (χ1n) is 5.29. The molecule has 1 aliphatic heterocycles. The van der Waals surface area contributed by atoms with E-state index in [0.717, 1.165) is 21.3 Å². The molecule has 1 unspecified atom stereocenters. The highest BCUT2D eigenvalue weighted by Gasteiger charge is 2.24. The molecule has 0 saturated carbocycles. The Morgan fingerprint density at radius 1 is 1.44 bits per heavy atom. The van der Waals surface area contributed by atoms with Crippen LogP contribution in [0.1, 0.15) is 16.8 Å². The fourth-order valence-electron chi connectivity index (χ4n) is 1.79. The third kappa shape index (κ3) is 2.71. The van der Waals surface area contributed by atoms with Crippen molar-refractivity contribution in [1.29, 1.82) is 0 Å². The van der Waals surface area contributed by atoms with Gasteiger partial charge < -0.3 is 4.90 Å². The summed E-state index contributed by atoms with van der Waals surface area (Å²) < 4.78 is 1.16. The maximum absolute atomic E-state index is 12.2. The van der Waals surface area contributed by atoms with Gasteiger partial charge in [0.05, 0.1) is 0 Å². The third-order valence-corrected chi connectivity index (χ3v) is 4.73. The van der Waals surface area contributed by atoms with Crippen molar-refractivity contribution >= 4 is 40.3 Å². The van der Waals surface area contributed by atoms with Crippen LogP contribution in [0.4, 0.5) is 0 Å². The van der Waals surface area contributed by atoms with Gasteiger partial charge in [0.15, 0.2) is 0 Å². The number of benzene rings is 1. The van der Waals surface area contributed by atoms with Crippen LogP contribution < -0.4 is 0 Å². The van der Waals surface area contributed by atoms with Gasteiger partial charge in [-0.2, -0.15) is 11.8 Å². The normalized spacial score (nSPS) is 19.8. The number of carbonyl (C=O) groups is 1. The summed E-state index contributed by atoms with van der Waals surface area (Å²) in [6.07, 6.45) is 1.12. The van der Waals surface area contributed by atoms with E-state index >= 15 is 0 Å². The first-order valence-corrected chi connectivity index (χ1v) is 7.52. The third-order valence-electron chi connectivity index (χ3n) is 2.86. The number of hydrogen-bond acceptors (Lipinski definition) is 2. The number of halogens is 1. The van der Waals surface area contributed by atoms with Gasteiger partial charge in [-0.25, -0.2) is 0 Å². The van der Waals surface area contributed by atoms with Crippen molar-refractivity contribution in [3.05, 3.63) is 33.4 Å². The van der Waals surface area contributed by atoms with E-state index in [9.17, 15) is 4.79 Å². The number of thioether (sulfide) groups is 1. The molecule has 1 aromatic rings. The lowest BCUT2D eigenvalue weighted by molar-refractivity contribution is 0.0748. The summed E-state index contributed by atoms with van der Waals surface area (Å²) in [5, 5.41) is 0. The Balaban J connectivity index is 2.08. The van der Waals surface area contributed by atoms with E-state index in [1.54, 1.807) is 0 Å². The van der Waals surface area contributed by atoms with Crippen molar-refractivity contribution in [2.45, 2.75) is 12.5 Å². The first-order chi connectivity index (χ1) is 7.68. The topological polar surface area (TPSA) is 20.3 Å². The predicted octanol–water partition coefficient (Wildman–Crippen LogP) is 2.87. The Labute approximate surface area is 114 Å². The molecule has 1 aliphatic rings. The van der Waals surface area contributed by atoms with Crippen molar-refractivity contribution in [2.75, 3.05) is 18.6 Å². The molecule has 1 fully saturated rings. The van der Waals surface area contributed by atoms with Crippen LogP contribution in [0.3, 0.4) is 0 Å². The van der Waals surface area contributed by atoms with E-state index in [2.05, 4.69) is 22.6 Å². The van der Waals surface area contributed by atoms with E-state index in [4.69, 9.17) is 0 Å². The minimum absolute atomic E-state index is 0.143. The zero-order valence-corrected chi connectivity index (χ0v) is 12.1. The van der Waals surface area contributed by atoms with Crippen LogP contribution in [0.5, 0.6) is 0 Å². The molecule has 1 heterocycles. The smallest absolute Gasteiger partial charge is 0.253 e. The largest absolute Gasteiger partial charge is 0.338 e. The molecule has 0 radical (unpaired) electrons. The van der Waals surface area contributed by atoms with Crippen molar-refractivity contribution in [1.82, 2.24) is 4.90 Å². The number of nitrogens with zero attached hydrogens (tertiary/aromatic N) is 1. The molecule has 2 rings (SSSR count). The van der Waals surface area contributed by atoms with Crippen LogP contribution in [-0.4, -0.2) is 35.4 Å². The van der Waals surface area contributed by atoms with Gasteiger partial charge in [0.1, 0.15) is 0 Å². The van der Waals surface area contributed by atoms with Gasteiger partial charge in [-0.1, -0.05) is 0 Å². The number of rotatable bonds is 2. The van der Waals surface area contributed by atoms with E-state index in [1.165, 1.54) is 5.75 Å². The molecule has 1 amide bonds. The van der Waals surface area contributed by atoms with Gasteiger partial charge >= 0.3 is 0 Å². The molecule has 2 nitrogen and oxygen atoms in total. The maximum atomic E-state index is 12.2. The maximum Gasteiger partial charge on any atom is 0.253 e. The number of hydrogen-bond donors (Lipinski definition) is 0. The molecule has 1 saturated heterocycles. The highest BCUT2D eigenvalue weighted by molar-refractivity contribution is 14.1. The quantitative estimate of drug-likeness (QED) is 0.767. The molecule has 0 aliphatic carbocycles. The average Bonchev–Trinajstić information content (AvgIpc) is 2.81. The lowest BCUT2D eigenvalue weighted by Crippen LogP contribution is -2.36. The van der Waals surface area contributed by atoms with Gasteiger partial charge in [0.2, 0.25) is 0 Å². The molecule has 0 N–H and O–H groups in total. The molecule has 1 atom stereocenters. The summed E-state index contributed by atoms with van der Waals surface area (Å²) in [6.45, 7) is 0. The highest BCUT2D eigenvalue weighted by atomic mass is 127. The molecule has 86 valence electrons. The van der Waals surface area contributed by atoms with Crippen LogP contribution in [0.2, 0.25) is 0 Å². The summed E-state index contributed by atoms with van der Waals surface area (Å²) in [5.74, 6) is 2.39. The van der Waals surface area contributed by atoms with E-state index in [0.29, 0.717) is 6.04 Å². The zero-order chi connectivity index (χ0) is 11.5. The SMILES string of the molecule is CN(C(=O)c1ccc(I)cc1)C1CCSC1. The van der Waals surface area contributed by atoms with Gasteiger partial charge in [-0.05, 0) is 59.0 Å². The Bertz CT molecular complexity index is 373. The van der Waals surface area contributed by atoms with Crippen LogP contribution in [0.15, 0.2) is 24.3 Å². The van der Waals surface area contributed by atoms with E-state index < -0.39 is 0 Å². The highest BCUT2D eigenvalue weighted by Crippen LogP contribution is 2.22.